The van der Waals surface area contributed by atoms with Crippen molar-refractivity contribution in [2.75, 3.05) is 34.4 Å². The molecule has 0 aliphatic heterocycles. The van der Waals surface area contributed by atoms with Crippen LogP contribution in [0.15, 0.2) is 17.1 Å². The van der Waals surface area contributed by atoms with Crippen LogP contribution in [-0.4, -0.2) is 51.9 Å². The van der Waals surface area contributed by atoms with Crippen LogP contribution in [0.4, 0.5) is 0 Å². The van der Waals surface area contributed by atoms with Crippen molar-refractivity contribution in [1.29, 1.82) is 0 Å². The van der Waals surface area contributed by atoms with Crippen LogP contribution in [0.2, 0.25) is 0 Å². The summed E-state index contributed by atoms with van der Waals surface area (Å²) in [5.41, 5.74) is 0.351. The summed E-state index contributed by atoms with van der Waals surface area (Å²) in [6, 6.07) is 3.67. The predicted molar refractivity (Wildman–Crippen MR) is 105 cm³/mol. The molecule has 0 spiro atoms. The molecule has 0 aliphatic carbocycles. The minimum atomic E-state index is -0.523. The standard InChI is InChI=1S/C19H31N3O5/c1-8-20-18(22-12-16(23)27-19(2,3)4)21-11-13-9-14(24-5)17(26-7)15(10-13)25-6/h9-10H,8,11-12H2,1-7H3,(H2,20,21,22). The highest BCUT2D eigenvalue weighted by Gasteiger charge is 2.16. The summed E-state index contributed by atoms with van der Waals surface area (Å²) in [4.78, 5) is 16.4. The van der Waals surface area contributed by atoms with Crippen LogP contribution in [0.1, 0.15) is 33.3 Å². The monoisotopic (exact) mass is 381 g/mol. The van der Waals surface area contributed by atoms with Gasteiger partial charge in [-0.15, -0.1) is 0 Å². The van der Waals surface area contributed by atoms with Gasteiger partial charge in [-0.05, 0) is 45.4 Å². The minimum Gasteiger partial charge on any atom is -0.493 e. The largest absolute Gasteiger partial charge is 0.493 e. The summed E-state index contributed by atoms with van der Waals surface area (Å²) < 4.78 is 21.3. The van der Waals surface area contributed by atoms with Crippen molar-refractivity contribution in [3.8, 4) is 17.2 Å². The van der Waals surface area contributed by atoms with Crippen molar-refractivity contribution in [3.63, 3.8) is 0 Å². The molecule has 0 atom stereocenters. The van der Waals surface area contributed by atoms with Gasteiger partial charge in [0, 0.05) is 6.54 Å². The molecule has 0 heterocycles. The SMILES string of the molecule is CCNC(=NCc1cc(OC)c(OC)c(OC)c1)NCC(=O)OC(C)(C)C. The van der Waals surface area contributed by atoms with E-state index < -0.39 is 5.60 Å². The molecule has 0 radical (unpaired) electrons. The highest BCUT2D eigenvalue weighted by Crippen LogP contribution is 2.38. The Kier molecular flexibility index (Phi) is 8.71. The lowest BCUT2D eigenvalue weighted by atomic mass is 10.2. The van der Waals surface area contributed by atoms with E-state index in [4.69, 9.17) is 18.9 Å². The molecule has 8 nitrogen and oxygen atoms in total. The molecule has 0 saturated carbocycles. The Hall–Kier alpha value is -2.64. The van der Waals surface area contributed by atoms with E-state index in [9.17, 15) is 4.79 Å². The van der Waals surface area contributed by atoms with Crippen molar-refractivity contribution >= 4 is 11.9 Å². The molecular formula is C19H31N3O5. The van der Waals surface area contributed by atoms with Gasteiger partial charge in [-0.3, -0.25) is 4.79 Å². The zero-order chi connectivity index (χ0) is 20.4. The van der Waals surface area contributed by atoms with Crippen LogP contribution in [0.3, 0.4) is 0 Å². The fraction of sp³-hybridized carbons (Fsp3) is 0.579. The highest BCUT2D eigenvalue weighted by atomic mass is 16.6. The summed E-state index contributed by atoms with van der Waals surface area (Å²) in [6.07, 6.45) is 0. The van der Waals surface area contributed by atoms with Crippen molar-refractivity contribution in [2.24, 2.45) is 4.99 Å². The lowest BCUT2D eigenvalue weighted by Crippen LogP contribution is -2.41. The van der Waals surface area contributed by atoms with Crippen molar-refractivity contribution in [2.45, 2.75) is 39.8 Å². The van der Waals surface area contributed by atoms with E-state index in [0.29, 0.717) is 36.3 Å². The molecule has 152 valence electrons. The fourth-order valence-electron chi connectivity index (χ4n) is 2.27. The number of rotatable bonds is 8. The van der Waals surface area contributed by atoms with Crippen molar-refractivity contribution in [1.82, 2.24) is 10.6 Å². The lowest BCUT2D eigenvalue weighted by Gasteiger charge is -2.20. The molecule has 0 aliphatic rings. The third kappa shape index (κ3) is 7.64. The molecule has 27 heavy (non-hydrogen) atoms. The average molecular weight is 381 g/mol. The van der Waals surface area contributed by atoms with Gasteiger partial charge in [-0.2, -0.15) is 0 Å². The number of guanidine groups is 1. The second-order valence-electron chi connectivity index (χ2n) is 6.67. The van der Waals surface area contributed by atoms with Crippen LogP contribution >= 0.6 is 0 Å². The molecule has 1 rings (SSSR count). The zero-order valence-electron chi connectivity index (χ0n) is 17.3. The van der Waals surface area contributed by atoms with Gasteiger partial charge < -0.3 is 29.6 Å². The molecule has 0 amide bonds. The van der Waals surface area contributed by atoms with Crippen LogP contribution in [0.25, 0.3) is 0 Å². The fourth-order valence-corrected chi connectivity index (χ4v) is 2.27. The third-order valence-electron chi connectivity index (χ3n) is 3.31. The number of carbonyl (C=O) groups excluding carboxylic acids is 1. The summed E-state index contributed by atoms with van der Waals surface area (Å²) in [5, 5.41) is 6.06. The van der Waals surface area contributed by atoms with Crippen LogP contribution < -0.4 is 24.8 Å². The van der Waals surface area contributed by atoms with Gasteiger partial charge in [0.1, 0.15) is 12.1 Å². The number of esters is 1. The average Bonchev–Trinajstić information content (AvgIpc) is 2.61. The van der Waals surface area contributed by atoms with Crippen molar-refractivity contribution in [3.05, 3.63) is 17.7 Å². The Morgan fingerprint density at radius 3 is 2.07 bits per heavy atom. The first kappa shape index (κ1) is 22.4. The molecular weight excluding hydrogens is 350 g/mol. The van der Waals surface area contributed by atoms with E-state index in [-0.39, 0.29) is 12.5 Å². The van der Waals surface area contributed by atoms with Crippen molar-refractivity contribution < 1.29 is 23.7 Å². The van der Waals surface area contributed by atoms with Gasteiger partial charge in [0.2, 0.25) is 5.75 Å². The van der Waals surface area contributed by atoms with Crippen LogP contribution in [-0.2, 0) is 16.1 Å². The number of aliphatic imine (C=N–C) groups is 1. The Bertz CT molecular complexity index is 628. The van der Waals surface area contributed by atoms with E-state index in [1.54, 1.807) is 21.3 Å². The zero-order valence-corrected chi connectivity index (χ0v) is 17.3. The first-order valence-electron chi connectivity index (χ1n) is 8.77. The van der Waals surface area contributed by atoms with Gasteiger partial charge in [0.15, 0.2) is 17.5 Å². The summed E-state index contributed by atoms with van der Waals surface area (Å²) in [5.74, 6) is 1.82. The summed E-state index contributed by atoms with van der Waals surface area (Å²) in [6.45, 7) is 8.48. The second kappa shape index (κ2) is 10.5. The minimum absolute atomic E-state index is 0.0261. The van der Waals surface area contributed by atoms with Crippen LogP contribution in [0.5, 0.6) is 17.2 Å². The number of carbonyl (C=O) groups is 1. The lowest BCUT2D eigenvalue weighted by molar-refractivity contribution is -0.153. The number of ether oxygens (including phenoxy) is 4. The summed E-state index contributed by atoms with van der Waals surface area (Å²) >= 11 is 0. The molecule has 1 aromatic carbocycles. The Labute approximate surface area is 161 Å². The molecule has 1 aromatic rings. The van der Waals surface area contributed by atoms with Gasteiger partial charge in [-0.25, -0.2) is 4.99 Å². The Balaban J connectivity index is 2.87. The molecule has 0 fully saturated rings. The molecule has 0 unspecified atom stereocenters. The molecule has 0 aromatic heterocycles. The van der Waals surface area contributed by atoms with Gasteiger partial charge in [0.05, 0.1) is 27.9 Å². The maximum atomic E-state index is 11.9. The summed E-state index contributed by atoms with van der Waals surface area (Å²) in [7, 11) is 4.69. The number of hydrogen-bond donors (Lipinski definition) is 2. The van der Waals surface area contributed by atoms with E-state index in [0.717, 1.165) is 5.56 Å². The highest BCUT2D eigenvalue weighted by molar-refractivity contribution is 5.84. The number of hydrogen-bond acceptors (Lipinski definition) is 6. The maximum absolute atomic E-state index is 11.9. The number of benzene rings is 1. The number of nitrogens with zero attached hydrogens (tertiary/aromatic N) is 1. The predicted octanol–water partition coefficient (Wildman–Crippen LogP) is 2.11. The molecule has 0 saturated heterocycles. The first-order chi connectivity index (χ1) is 12.7. The number of methoxy groups -OCH3 is 3. The smallest absolute Gasteiger partial charge is 0.325 e. The first-order valence-corrected chi connectivity index (χ1v) is 8.77. The van der Waals surface area contributed by atoms with Gasteiger partial charge in [0.25, 0.3) is 0 Å². The second-order valence-corrected chi connectivity index (χ2v) is 6.67. The van der Waals surface area contributed by atoms with Crippen LogP contribution in [0, 0.1) is 0 Å². The van der Waals surface area contributed by atoms with E-state index in [1.807, 2.05) is 39.8 Å². The molecule has 8 heteroatoms. The normalized spacial score (nSPS) is 11.6. The number of nitrogens with one attached hydrogen (secondary N) is 2. The van der Waals surface area contributed by atoms with E-state index >= 15 is 0 Å². The van der Waals surface area contributed by atoms with E-state index in [1.165, 1.54) is 0 Å². The molecule has 0 bridgehead atoms. The van der Waals surface area contributed by atoms with E-state index in [2.05, 4.69) is 15.6 Å². The quantitative estimate of drug-likeness (QED) is 0.405. The Morgan fingerprint density at radius 1 is 1.04 bits per heavy atom. The van der Waals surface area contributed by atoms with Gasteiger partial charge in [-0.1, -0.05) is 0 Å². The maximum Gasteiger partial charge on any atom is 0.325 e. The Morgan fingerprint density at radius 2 is 1.63 bits per heavy atom. The molecule has 2 N–H and O–H groups in total. The topological polar surface area (TPSA) is 90.4 Å². The van der Waals surface area contributed by atoms with Gasteiger partial charge >= 0.3 is 5.97 Å². The third-order valence-corrected chi connectivity index (χ3v) is 3.31.